The number of amides is 1. The molecule has 1 aromatic heterocycles. The second-order valence-corrected chi connectivity index (χ2v) is 6.89. The summed E-state index contributed by atoms with van der Waals surface area (Å²) >= 11 is 1.69. The van der Waals surface area contributed by atoms with Crippen LogP contribution in [0.2, 0.25) is 0 Å². The Morgan fingerprint density at radius 1 is 1.36 bits per heavy atom. The minimum Gasteiger partial charge on any atom is -0.388 e. The number of hydrogen-bond acceptors (Lipinski definition) is 3. The first-order valence-corrected chi connectivity index (χ1v) is 7.98. The minimum atomic E-state index is -1.01. The number of aliphatic hydroxyl groups is 1. The highest BCUT2D eigenvalue weighted by Crippen LogP contribution is 2.26. The zero-order valence-corrected chi connectivity index (χ0v) is 13.7. The molecule has 0 radical (unpaired) electrons. The molecular formula is C17H20FNO2S. The topological polar surface area (TPSA) is 49.3 Å². The van der Waals surface area contributed by atoms with E-state index in [2.05, 4.69) is 11.4 Å². The van der Waals surface area contributed by atoms with Gasteiger partial charge in [0.1, 0.15) is 5.82 Å². The van der Waals surface area contributed by atoms with Gasteiger partial charge in [0.2, 0.25) is 5.91 Å². The van der Waals surface area contributed by atoms with Gasteiger partial charge in [0.15, 0.2) is 0 Å². The average molecular weight is 321 g/mol. The van der Waals surface area contributed by atoms with Crippen LogP contribution in [0.25, 0.3) is 0 Å². The summed E-state index contributed by atoms with van der Waals surface area (Å²) in [6.45, 7) is 5.97. The standard InChI is InChI=1S/C17H20FNO2S/c1-10-7-15(12(3)22-10)11(2)19-17(21)9-16(20)13-5-4-6-14(18)8-13/h4-8,11,16,20H,9H2,1-3H3,(H,19,21). The quantitative estimate of drug-likeness (QED) is 0.880. The molecule has 3 nitrogen and oxygen atoms in total. The molecule has 1 heterocycles. The highest BCUT2D eigenvalue weighted by Gasteiger charge is 2.17. The highest BCUT2D eigenvalue weighted by molar-refractivity contribution is 7.12. The number of rotatable bonds is 5. The van der Waals surface area contributed by atoms with Crippen molar-refractivity contribution < 1.29 is 14.3 Å². The van der Waals surface area contributed by atoms with Crippen LogP contribution in [-0.4, -0.2) is 11.0 Å². The zero-order valence-electron chi connectivity index (χ0n) is 12.9. The molecule has 118 valence electrons. The van der Waals surface area contributed by atoms with Crippen molar-refractivity contribution in [3.05, 3.63) is 57.0 Å². The largest absolute Gasteiger partial charge is 0.388 e. The molecule has 0 spiro atoms. The van der Waals surface area contributed by atoms with Crippen LogP contribution in [-0.2, 0) is 4.79 Å². The molecule has 0 aliphatic heterocycles. The van der Waals surface area contributed by atoms with Crippen LogP contribution in [0, 0.1) is 19.7 Å². The van der Waals surface area contributed by atoms with E-state index in [0.29, 0.717) is 5.56 Å². The van der Waals surface area contributed by atoms with Crippen molar-refractivity contribution in [3.8, 4) is 0 Å². The maximum absolute atomic E-state index is 13.1. The van der Waals surface area contributed by atoms with Crippen molar-refractivity contribution in [2.24, 2.45) is 0 Å². The number of aryl methyl sites for hydroxylation is 2. The molecule has 0 saturated heterocycles. The number of hydrogen-bond donors (Lipinski definition) is 2. The lowest BCUT2D eigenvalue weighted by Crippen LogP contribution is -2.28. The summed E-state index contributed by atoms with van der Waals surface area (Å²) in [5.41, 5.74) is 1.50. The van der Waals surface area contributed by atoms with E-state index in [1.165, 1.54) is 28.0 Å². The van der Waals surface area contributed by atoms with E-state index in [1.807, 2.05) is 20.8 Å². The van der Waals surface area contributed by atoms with Crippen LogP contribution in [0.5, 0.6) is 0 Å². The number of halogens is 1. The number of benzene rings is 1. The van der Waals surface area contributed by atoms with Crippen LogP contribution in [0.15, 0.2) is 30.3 Å². The third-order valence-corrected chi connectivity index (χ3v) is 4.52. The molecule has 0 bridgehead atoms. The fraction of sp³-hybridized carbons (Fsp3) is 0.353. The Hall–Kier alpha value is -1.72. The van der Waals surface area contributed by atoms with Gasteiger partial charge in [-0.2, -0.15) is 0 Å². The molecule has 0 aliphatic carbocycles. The predicted molar refractivity (Wildman–Crippen MR) is 86.3 cm³/mol. The van der Waals surface area contributed by atoms with E-state index in [4.69, 9.17) is 0 Å². The van der Waals surface area contributed by atoms with E-state index < -0.39 is 11.9 Å². The molecule has 0 saturated carbocycles. The van der Waals surface area contributed by atoms with Crippen molar-refractivity contribution in [1.82, 2.24) is 5.32 Å². The second-order valence-electron chi connectivity index (χ2n) is 5.43. The molecule has 1 amide bonds. The molecule has 2 rings (SSSR count). The molecule has 2 unspecified atom stereocenters. The summed E-state index contributed by atoms with van der Waals surface area (Å²) in [6, 6.07) is 7.63. The van der Waals surface area contributed by atoms with Gasteiger partial charge in [-0.1, -0.05) is 12.1 Å². The Kier molecular flexibility index (Phi) is 5.32. The molecule has 22 heavy (non-hydrogen) atoms. The molecule has 2 N–H and O–H groups in total. The van der Waals surface area contributed by atoms with Gasteiger partial charge in [-0.25, -0.2) is 4.39 Å². The first kappa shape index (κ1) is 16.6. The Bertz CT molecular complexity index is 668. The summed E-state index contributed by atoms with van der Waals surface area (Å²) in [6.07, 6.45) is -1.09. The minimum absolute atomic E-state index is 0.0873. The molecule has 5 heteroatoms. The first-order chi connectivity index (χ1) is 10.4. The van der Waals surface area contributed by atoms with Crippen LogP contribution < -0.4 is 5.32 Å². The second kappa shape index (κ2) is 7.03. The van der Waals surface area contributed by atoms with Crippen molar-refractivity contribution in [2.45, 2.75) is 39.3 Å². The number of aliphatic hydroxyl groups excluding tert-OH is 1. The smallest absolute Gasteiger partial charge is 0.223 e. The average Bonchev–Trinajstić information content (AvgIpc) is 2.77. The van der Waals surface area contributed by atoms with E-state index in [1.54, 1.807) is 17.4 Å². The molecule has 0 fully saturated rings. The third kappa shape index (κ3) is 4.15. The maximum atomic E-state index is 13.1. The Morgan fingerprint density at radius 2 is 2.09 bits per heavy atom. The maximum Gasteiger partial charge on any atom is 0.223 e. The summed E-state index contributed by atoms with van der Waals surface area (Å²) < 4.78 is 13.1. The van der Waals surface area contributed by atoms with E-state index >= 15 is 0 Å². The Balaban J connectivity index is 1.96. The zero-order chi connectivity index (χ0) is 16.3. The lowest BCUT2D eigenvalue weighted by atomic mass is 10.1. The van der Waals surface area contributed by atoms with Gasteiger partial charge in [-0.05, 0) is 50.1 Å². The number of thiophene rings is 1. The lowest BCUT2D eigenvalue weighted by Gasteiger charge is -2.16. The summed E-state index contributed by atoms with van der Waals surface area (Å²) in [7, 11) is 0. The number of carbonyl (C=O) groups excluding carboxylic acids is 1. The highest BCUT2D eigenvalue weighted by atomic mass is 32.1. The number of carbonyl (C=O) groups is 1. The monoisotopic (exact) mass is 321 g/mol. The molecule has 0 aliphatic rings. The molecular weight excluding hydrogens is 301 g/mol. The van der Waals surface area contributed by atoms with Gasteiger partial charge in [0.05, 0.1) is 18.6 Å². The van der Waals surface area contributed by atoms with E-state index in [0.717, 1.165) is 5.56 Å². The molecule has 2 atom stereocenters. The molecule has 2 aromatic rings. The van der Waals surface area contributed by atoms with Crippen LogP contribution in [0.3, 0.4) is 0 Å². The van der Waals surface area contributed by atoms with Gasteiger partial charge >= 0.3 is 0 Å². The third-order valence-electron chi connectivity index (χ3n) is 3.54. The summed E-state index contributed by atoms with van der Waals surface area (Å²) in [5.74, 6) is -0.679. The summed E-state index contributed by atoms with van der Waals surface area (Å²) in [5, 5.41) is 12.9. The SMILES string of the molecule is Cc1cc(C(C)NC(=O)CC(O)c2cccc(F)c2)c(C)s1. The predicted octanol–water partition coefficient (Wildman–Crippen LogP) is 3.80. The van der Waals surface area contributed by atoms with Gasteiger partial charge < -0.3 is 10.4 Å². The van der Waals surface area contributed by atoms with Crippen molar-refractivity contribution in [2.75, 3.05) is 0 Å². The Morgan fingerprint density at radius 3 is 2.68 bits per heavy atom. The first-order valence-electron chi connectivity index (χ1n) is 7.16. The summed E-state index contributed by atoms with van der Waals surface area (Å²) in [4.78, 5) is 14.4. The fourth-order valence-corrected chi connectivity index (χ4v) is 3.49. The van der Waals surface area contributed by atoms with Crippen LogP contribution in [0.4, 0.5) is 4.39 Å². The van der Waals surface area contributed by atoms with Crippen LogP contribution >= 0.6 is 11.3 Å². The van der Waals surface area contributed by atoms with Crippen LogP contribution in [0.1, 0.15) is 46.4 Å². The van der Waals surface area contributed by atoms with E-state index in [9.17, 15) is 14.3 Å². The van der Waals surface area contributed by atoms with Crippen molar-refractivity contribution in [3.63, 3.8) is 0 Å². The van der Waals surface area contributed by atoms with Gasteiger partial charge in [-0.3, -0.25) is 4.79 Å². The van der Waals surface area contributed by atoms with E-state index in [-0.39, 0.29) is 18.4 Å². The van der Waals surface area contributed by atoms with Gasteiger partial charge in [0.25, 0.3) is 0 Å². The lowest BCUT2D eigenvalue weighted by molar-refractivity contribution is -0.123. The Labute approximate surface area is 133 Å². The fourth-order valence-electron chi connectivity index (χ4n) is 2.47. The van der Waals surface area contributed by atoms with Gasteiger partial charge in [-0.15, -0.1) is 11.3 Å². The van der Waals surface area contributed by atoms with Gasteiger partial charge in [0, 0.05) is 9.75 Å². The van der Waals surface area contributed by atoms with Crippen molar-refractivity contribution in [1.29, 1.82) is 0 Å². The number of nitrogens with one attached hydrogen (secondary N) is 1. The van der Waals surface area contributed by atoms with Crippen molar-refractivity contribution >= 4 is 17.2 Å². The normalized spacial score (nSPS) is 13.7. The molecule has 1 aromatic carbocycles.